The number of carbonyl (C=O) groups is 1. The summed E-state index contributed by atoms with van der Waals surface area (Å²) in [6, 6.07) is 16.1. The van der Waals surface area contributed by atoms with E-state index in [0.29, 0.717) is 10.9 Å². The van der Waals surface area contributed by atoms with Crippen LogP contribution < -0.4 is 0 Å². The Hall–Kier alpha value is -1.84. The van der Waals surface area contributed by atoms with E-state index in [9.17, 15) is 4.79 Å². The molecule has 4 heteroatoms. The predicted octanol–water partition coefficient (Wildman–Crippen LogP) is 5.09. The minimum Gasteiger partial charge on any atom is -0.361 e. The number of amides is 1. The highest BCUT2D eigenvalue weighted by atomic mass is 35.5. The quantitative estimate of drug-likeness (QED) is 0.751. The molecule has 2 atom stereocenters. The van der Waals surface area contributed by atoms with Crippen molar-refractivity contribution in [2.45, 2.75) is 38.3 Å². The van der Waals surface area contributed by atoms with Crippen LogP contribution in [0.4, 0.5) is 0 Å². The van der Waals surface area contributed by atoms with E-state index in [1.807, 2.05) is 29.2 Å². The first-order valence-corrected chi connectivity index (χ1v) is 9.73. The second kappa shape index (κ2) is 7.42. The van der Waals surface area contributed by atoms with Crippen LogP contribution in [0.3, 0.4) is 0 Å². The summed E-state index contributed by atoms with van der Waals surface area (Å²) < 4.78 is 6.04. The van der Waals surface area contributed by atoms with Gasteiger partial charge in [-0.25, -0.2) is 0 Å². The maximum Gasteiger partial charge on any atom is 0.249 e. The van der Waals surface area contributed by atoms with Crippen LogP contribution in [0, 0.1) is 12.8 Å². The van der Waals surface area contributed by atoms with Crippen LogP contribution in [0.25, 0.3) is 0 Å². The van der Waals surface area contributed by atoms with Crippen molar-refractivity contribution >= 4 is 17.5 Å². The molecule has 2 fully saturated rings. The Bertz CT molecular complexity index is 785. The lowest BCUT2D eigenvalue weighted by molar-refractivity contribution is -0.160. The maximum atomic E-state index is 12.7. The van der Waals surface area contributed by atoms with Gasteiger partial charge in [-0.15, -0.1) is 0 Å². The number of halogens is 1. The molecule has 0 bridgehead atoms. The van der Waals surface area contributed by atoms with Crippen LogP contribution in [0.1, 0.15) is 48.1 Å². The summed E-state index contributed by atoms with van der Waals surface area (Å²) in [5.41, 5.74) is 3.35. The fourth-order valence-corrected chi connectivity index (χ4v) is 4.10. The van der Waals surface area contributed by atoms with Gasteiger partial charge in [-0.05, 0) is 48.9 Å². The molecule has 1 aliphatic carbocycles. The van der Waals surface area contributed by atoms with Crippen LogP contribution in [0.2, 0.25) is 5.02 Å². The first kappa shape index (κ1) is 17.6. The Morgan fingerprint density at radius 3 is 2.54 bits per heavy atom. The number of hydrogen-bond acceptors (Lipinski definition) is 2. The number of rotatable bonds is 4. The third kappa shape index (κ3) is 3.51. The highest BCUT2D eigenvalue weighted by Gasteiger charge is 2.40. The number of carbonyl (C=O) groups excluding carboxylic acids is 1. The second-order valence-corrected chi connectivity index (χ2v) is 7.92. The lowest BCUT2D eigenvalue weighted by atomic mass is 9.83. The van der Waals surface area contributed by atoms with Crippen molar-refractivity contribution in [3.05, 3.63) is 70.2 Å². The summed E-state index contributed by atoms with van der Waals surface area (Å²) in [5.74, 6) is 0.700. The number of aryl methyl sites for hydroxylation is 1. The molecule has 0 radical (unpaired) electrons. The molecule has 0 spiro atoms. The zero-order chi connectivity index (χ0) is 18.1. The molecule has 0 N–H and O–H groups in total. The van der Waals surface area contributed by atoms with E-state index in [-0.39, 0.29) is 24.7 Å². The molecule has 4 rings (SSSR count). The smallest absolute Gasteiger partial charge is 0.249 e. The fraction of sp³-hybridized carbons (Fsp3) is 0.409. The van der Waals surface area contributed by atoms with Crippen molar-refractivity contribution < 1.29 is 9.53 Å². The van der Waals surface area contributed by atoms with E-state index in [4.69, 9.17) is 16.3 Å². The lowest BCUT2D eigenvalue weighted by Gasteiger charge is -2.44. The topological polar surface area (TPSA) is 29.5 Å². The van der Waals surface area contributed by atoms with Gasteiger partial charge in [-0.1, -0.05) is 60.0 Å². The molecule has 3 nitrogen and oxygen atoms in total. The largest absolute Gasteiger partial charge is 0.361 e. The van der Waals surface area contributed by atoms with E-state index >= 15 is 0 Å². The first-order chi connectivity index (χ1) is 12.6. The molecule has 1 amide bonds. The number of hydrogen-bond donors (Lipinski definition) is 0. The second-order valence-electron chi connectivity index (χ2n) is 7.49. The predicted molar refractivity (Wildman–Crippen MR) is 103 cm³/mol. The molecule has 1 aliphatic heterocycles. The average Bonchev–Trinajstić information content (AvgIpc) is 2.59. The molecule has 2 unspecified atom stereocenters. The minimum atomic E-state index is -0.200. The van der Waals surface area contributed by atoms with Gasteiger partial charge < -0.3 is 9.64 Å². The molecule has 136 valence electrons. The molecule has 0 aromatic heterocycles. The van der Waals surface area contributed by atoms with E-state index in [1.54, 1.807) is 0 Å². The molecule has 2 aliphatic rings. The van der Waals surface area contributed by atoms with Gasteiger partial charge in [0.25, 0.3) is 0 Å². The third-order valence-corrected chi connectivity index (χ3v) is 5.84. The van der Waals surface area contributed by atoms with Gasteiger partial charge in [-0.3, -0.25) is 4.79 Å². The SMILES string of the molecule is Cc1ccc(C2C(c3cccc(Cl)c3)OCC(=O)N2CC2CCC2)cc1. The van der Waals surface area contributed by atoms with E-state index in [0.717, 1.165) is 17.7 Å². The third-order valence-electron chi connectivity index (χ3n) is 5.60. The van der Waals surface area contributed by atoms with Crippen molar-refractivity contribution in [1.82, 2.24) is 4.90 Å². The standard InChI is InChI=1S/C22H24ClNO2/c1-15-8-10-17(11-9-15)21-22(18-6-3-7-19(23)12-18)26-14-20(25)24(21)13-16-4-2-5-16/h3,6-12,16,21-22H,2,4-5,13-14H2,1H3. The summed E-state index contributed by atoms with van der Waals surface area (Å²) in [6.07, 6.45) is 3.50. The first-order valence-electron chi connectivity index (χ1n) is 9.35. The molecule has 1 saturated carbocycles. The normalized spacial score (nSPS) is 23.8. The Kier molecular flexibility index (Phi) is 5.01. The van der Waals surface area contributed by atoms with Crippen molar-refractivity contribution in [1.29, 1.82) is 0 Å². The number of nitrogens with zero attached hydrogens (tertiary/aromatic N) is 1. The van der Waals surface area contributed by atoms with Crippen LogP contribution in [-0.2, 0) is 9.53 Å². The summed E-state index contributed by atoms with van der Waals surface area (Å²) in [7, 11) is 0. The average molecular weight is 370 g/mol. The number of benzene rings is 2. The van der Waals surface area contributed by atoms with Gasteiger partial charge in [-0.2, -0.15) is 0 Å². The van der Waals surface area contributed by atoms with Crippen molar-refractivity contribution in [2.75, 3.05) is 13.2 Å². The monoisotopic (exact) mass is 369 g/mol. The van der Waals surface area contributed by atoms with Crippen molar-refractivity contribution in [3.8, 4) is 0 Å². The number of ether oxygens (including phenoxy) is 1. The van der Waals surface area contributed by atoms with E-state index in [2.05, 4.69) is 31.2 Å². The zero-order valence-corrected chi connectivity index (χ0v) is 15.8. The zero-order valence-electron chi connectivity index (χ0n) is 15.0. The summed E-state index contributed by atoms with van der Waals surface area (Å²) in [4.78, 5) is 14.8. The molecule has 1 saturated heterocycles. The Morgan fingerprint density at radius 1 is 1.12 bits per heavy atom. The molecule has 2 aromatic rings. The van der Waals surface area contributed by atoms with Crippen molar-refractivity contribution in [2.24, 2.45) is 5.92 Å². The fourth-order valence-electron chi connectivity index (χ4n) is 3.90. The molecular formula is C22H24ClNO2. The summed E-state index contributed by atoms with van der Waals surface area (Å²) >= 11 is 6.22. The minimum absolute atomic E-state index is 0.0840. The van der Waals surface area contributed by atoms with Gasteiger partial charge in [0.15, 0.2) is 0 Å². The summed E-state index contributed by atoms with van der Waals surface area (Å²) in [6.45, 7) is 3.02. The molecule has 26 heavy (non-hydrogen) atoms. The van der Waals surface area contributed by atoms with E-state index in [1.165, 1.54) is 24.8 Å². The highest BCUT2D eigenvalue weighted by Crippen LogP contribution is 2.42. The van der Waals surface area contributed by atoms with Crippen LogP contribution in [0.5, 0.6) is 0 Å². The van der Waals surface area contributed by atoms with Gasteiger partial charge in [0.2, 0.25) is 5.91 Å². The molecular weight excluding hydrogens is 346 g/mol. The Labute approximate surface area is 159 Å². The summed E-state index contributed by atoms with van der Waals surface area (Å²) in [5, 5.41) is 0.691. The van der Waals surface area contributed by atoms with Gasteiger partial charge in [0, 0.05) is 11.6 Å². The maximum absolute atomic E-state index is 12.7. The Balaban J connectivity index is 1.73. The van der Waals surface area contributed by atoms with Crippen molar-refractivity contribution in [3.63, 3.8) is 0 Å². The van der Waals surface area contributed by atoms with Crippen LogP contribution in [0.15, 0.2) is 48.5 Å². The Morgan fingerprint density at radius 2 is 1.88 bits per heavy atom. The number of morpholine rings is 1. The van der Waals surface area contributed by atoms with Crippen LogP contribution >= 0.6 is 11.6 Å². The lowest BCUT2D eigenvalue weighted by Crippen LogP contribution is -2.48. The van der Waals surface area contributed by atoms with Crippen LogP contribution in [-0.4, -0.2) is 24.0 Å². The molecule has 2 aromatic carbocycles. The van der Waals surface area contributed by atoms with Gasteiger partial charge in [0.05, 0.1) is 6.04 Å². The molecule has 1 heterocycles. The van der Waals surface area contributed by atoms with E-state index < -0.39 is 0 Å². The highest BCUT2D eigenvalue weighted by molar-refractivity contribution is 6.30. The van der Waals surface area contributed by atoms with Gasteiger partial charge in [0.1, 0.15) is 12.7 Å². The van der Waals surface area contributed by atoms with Gasteiger partial charge >= 0.3 is 0 Å².